The number of aromatic nitrogens is 1. The number of aromatic carboxylic acids is 1. The van der Waals surface area contributed by atoms with E-state index in [1.165, 1.54) is 0 Å². The Morgan fingerprint density at radius 2 is 2.35 bits per heavy atom. The summed E-state index contributed by atoms with van der Waals surface area (Å²) in [6.45, 7) is 0.0259. The highest BCUT2D eigenvalue weighted by atomic mass is 79.9. The van der Waals surface area contributed by atoms with Crippen molar-refractivity contribution in [1.29, 1.82) is 0 Å². The highest BCUT2D eigenvalue weighted by Crippen LogP contribution is 2.19. The number of hydrogen-bond acceptors (Lipinski definition) is 4. The van der Waals surface area contributed by atoms with Crippen molar-refractivity contribution in [3.8, 4) is 5.75 Å². The van der Waals surface area contributed by atoms with Gasteiger partial charge >= 0.3 is 5.97 Å². The van der Waals surface area contributed by atoms with Crippen LogP contribution < -0.4 is 4.74 Å². The Kier molecular flexibility index (Phi) is 3.43. The van der Waals surface area contributed by atoms with Crippen LogP contribution in [-0.4, -0.2) is 16.2 Å². The van der Waals surface area contributed by atoms with Crippen LogP contribution in [0.4, 0.5) is 0 Å². The first kappa shape index (κ1) is 11.7. The predicted octanol–water partition coefficient (Wildman–Crippen LogP) is 2.71. The number of nitrogens with zero attached hydrogens (tertiary/aromatic N) is 1. The van der Waals surface area contributed by atoms with Gasteiger partial charge in [0.2, 0.25) is 0 Å². The summed E-state index contributed by atoms with van der Waals surface area (Å²) in [6, 6.07) is 7.22. The first-order chi connectivity index (χ1) is 8.16. The normalized spacial score (nSPS) is 10.2. The highest BCUT2D eigenvalue weighted by Gasteiger charge is 2.15. The maximum Gasteiger partial charge on any atom is 0.341 e. The van der Waals surface area contributed by atoms with Crippen LogP contribution >= 0.6 is 15.9 Å². The Hall–Kier alpha value is -1.82. The van der Waals surface area contributed by atoms with Crippen LogP contribution in [0.1, 0.15) is 16.1 Å². The van der Waals surface area contributed by atoms with E-state index in [0.717, 1.165) is 10.7 Å². The number of ether oxygens (including phenoxy) is 1. The lowest BCUT2D eigenvalue weighted by atomic mass is 10.3. The van der Waals surface area contributed by atoms with E-state index in [2.05, 4.69) is 21.1 Å². The van der Waals surface area contributed by atoms with Crippen LogP contribution in [0.15, 0.2) is 39.5 Å². The van der Waals surface area contributed by atoms with Gasteiger partial charge in [-0.25, -0.2) is 4.79 Å². The summed E-state index contributed by atoms with van der Waals surface area (Å²) < 4.78 is 11.1. The van der Waals surface area contributed by atoms with Crippen LogP contribution in [0.25, 0.3) is 0 Å². The topological polar surface area (TPSA) is 72.6 Å². The number of rotatable bonds is 4. The molecule has 0 fully saturated rings. The number of benzene rings is 1. The van der Waals surface area contributed by atoms with Crippen molar-refractivity contribution in [3.05, 3.63) is 46.3 Å². The maximum atomic E-state index is 10.8. The van der Waals surface area contributed by atoms with Gasteiger partial charge in [0.05, 0.1) is 6.20 Å². The molecular formula is C11H8BrNO4. The minimum atomic E-state index is -1.08. The Morgan fingerprint density at radius 3 is 3.06 bits per heavy atom. The van der Waals surface area contributed by atoms with E-state index in [1.54, 1.807) is 12.1 Å². The third-order valence-corrected chi connectivity index (χ3v) is 2.53. The van der Waals surface area contributed by atoms with Gasteiger partial charge in [-0.2, -0.15) is 0 Å². The molecule has 1 N–H and O–H groups in total. The zero-order valence-corrected chi connectivity index (χ0v) is 10.2. The van der Waals surface area contributed by atoms with Gasteiger partial charge in [0, 0.05) is 4.47 Å². The quantitative estimate of drug-likeness (QED) is 0.939. The number of carboxylic acid groups (broad SMARTS) is 1. The van der Waals surface area contributed by atoms with Crippen LogP contribution in [0.3, 0.4) is 0 Å². The van der Waals surface area contributed by atoms with Crippen LogP contribution in [0.2, 0.25) is 0 Å². The summed E-state index contributed by atoms with van der Waals surface area (Å²) in [6.07, 6.45) is 1.15. The molecule has 0 atom stereocenters. The molecule has 5 nitrogen and oxygen atoms in total. The van der Waals surface area contributed by atoms with Gasteiger partial charge in [0.1, 0.15) is 17.9 Å². The summed E-state index contributed by atoms with van der Waals surface area (Å²) in [5.41, 5.74) is 0.0139. The van der Waals surface area contributed by atoms with Gasteiger partial charge in [-0.15, -0.1) is 0 Å². The molecule has 0 unspecified atom stereocenters. The van der Waals surface area contributed by atoms with E-state index in [4.69, 9.17) is 14.4 Å². The van der Waals surface area contributed by atoms with Gasteiger partial charge in [-0.05, 0) is 18.2 Å². The summed E-state index contributed by atoms with van der Waals surface area (Å²) >= 11 is 3.31. The lowest BCUT2D eigenvalue weighted by molar-refractivity contribution is 0.0691. The van der Waals surface area contributed by atoms with Crippen molar-refractivity contribution < 1.29 is 19.2 Å². The molecule has 1 aromatic carbocycles. The number of hydrogen-bond donors (Lipinski definition) is 1. The first-order valence-corrected chi connectivity index (χ1v) is 5.51. The molecule has 2 aromatic rings. The van der Waals surface area contributed by atoms with Gasteiger partial charge in [-0.1, -0.05) is 27.2 Å². The second-order valence-electron chi connectivity index (χ2n) is 3.21. The lowest BCUT2D eigenvalue weighted by Crippen LogP contribution is -2.02. The maximum absolute atomic E-state index is 10.8. The molecule has 0 aliphatic rings. The fraction of sp³-hybridized carbons (Fsp3) is 0.0909. The molecular weight excluding hydrogens is 290 g/mol. The van der Waals surface area contributed by atoms with E-state index >= 15 is 0 Å². The van der Waals surface area contributed by atoms with Gasteiger partial charge in [-0.3, -0.25) is 0 Å². The van der Waals surface area contributed by atoms with Crippen molar-refractivity contribution in [2.45, 2.75) is 6.61 Å². The van der Waals surface area contributed by atoms with E-state index in [0.29, 0.717) is 5.75 Å². The van der Waals surface area contributed by atoms with Crippen molar-refractivity contribution >= 4 is 21.9 Å². The summed E-state index contributed by atoms with van der Waals surface area (Å²) in [5, 5.41) is 12.3. The molecule has 1 aromatic heterocycles. The molecule has 0 aliphatic carbocycles. The SMILES string of the molecule is O=C(O)c1cnoc1COc1cccc(Br)c1. The minimum Gasteiger partial charge on any atom is -0.485 e. The molecule has 0 aliphatic heterocycles. The molecule has 0 amide bonds. The molecule has 17 heavy (non-hydrogen) atoms. The van der Waals surface area contributed by atoms with Crippen molar-refractivity contribution in [2.75, 3.05) is 0 Å². The van der Waals surface area contributed by atoms with Crippen molar-refractivity contribution in [1.82, 2.24) is 5.16 Å². The smallest absolute Gasteiger partial charge is 0.341 e. The minimum absolute atomic E-state index is 0.0139. The standard InChI is InChI=1S/C11H8BrNO4/c12-7-2-1-3-8(4-7)16-6-10-9(11(14)15)5-13-17-10/h1-5H,6H2,(H,14,15). The lowest BCUT2D eigenvalue weighted by Gasteiger charge is -2.04. The van der Waals surface area contributed by atoms with E-state index in [9.17, 15) is 4.79 Å². The van der Waals surface area contributed by atoms with Crippen molar-refractivity contribution in [2.24, 2.45) is 0 Å². The summed E-state index contributed by atoms with van der Waals surface area (Å²) in [7, 11) is 0. The fourth-order valence-electron chi connectivity index (χ4n) is 1.25. The molecule has 1 heterocycles. The zero-order valence-electron chi connectivity index (χ0n) is 8.59. The summed E-state index contributed by atoms with van der Waals surface area (Å²) in [5.74, 6) is -0.274. The average molecular weight is 298 g/mol. The van der Waals surface area contributed by atoms with Crippen LogP contribution in [0.5, 0.6) is 5.75 Å². The Morgan fingerprint density at radius 1 is 1.53 bits per heavy atom. The molecule has 88 valence electrons. The van der Waals surface area contributed by atoms with E-state index < -0.39 is 5.97 Å². The molecule has 6 heteroatoms. The fourth-order valence-corrected chi connectivity index (χ4v) is 1.63. The van der Waals surface area contributed by atoms with E-state index in [1.807, 2.05) is 12.1 Å². The molecule has 0 saturated carbocycles. The average Bonchev–Trinajstić information content (AvgIpc) is 2.74. The van der Waals surface area contributed by atoms with Gasteiger partial charge < -0.3 is 14.4 Å². The molecule has 0 saturated heterocycles. The highest BCUT2D eigenvalue weighted by molar-refractivity contribution is 9.10. The second kappa shape index (κ2) is 5.01. The monoisotopic (exact) mass is 297 g/mol. The Bertz CT molecular complexity index is 538. The third kappa shape index (κ3) is 2.85. The first-order valence-electron chi connectivity index (χ1n) is 4.72. The third-order valence-electron chi connectivity index (χ3n) is 2.04. The Balaban J connectivity index is 2.07. The van der Waals surface area contributed by atoms with E-state index in [-0.39, 0.29) is 17.9 Å². The molecule has 0 radical (unpaired) electrons. The van der Waals surface area contributed by atoms with Crippen molar-refractivity contribution in [3.63, 3.8) is 0 Å². The largest absolute Gasteiger partial charge is 0.485 e. The van der Waals surface area contributed by atoms with Crippen LogP contribution in [0, 0.1) is 0 Å². The van der Waals surface area contributed by atoms with Gasteiger partial charge in [0.25, 0.3) is 0 Å². The predicted molar refractivity (Wildman–Crippen MR) is 61.9 cm³/mol. The number of carboxylic acids is 1. The molecule has 0 spiro atoms. The second-order valence-corrected chi connectivity index (χ2v) is 4.13. The number of carbonyl (C=O) groups is 1. The van der Waals surface area contributed by atoms with Crippen LogP contribution in [-0.2, 0) is 6.61 Å². The molecule has 0 bridgehead atoms. The molecule has 2 rings (SSSR count). The number of halogens is 1. The Labute approximate surface area is 105 Å². The summed E-state index contributed by atoms with van der Waals surface area (Å²) in [4.78, 5) is 10.8. The van der Waals surface area contributed by atoms with Gasteiger partial charge in [0.15, 0.2) is 5.76 Å². The zero-order chi connectivity index (χ0) is 12.3.